The van der Waals surface area contributed by atoms with E-state index in [0.717, 1.165) is 6.54 Å². The van der Waals surface area contributed by atoms with Crippen LogP contribution in [0.3, 0.4) is 0 Å². The van der Waals surface area contributed by atoms with Crippen molar-refractivity contribution in [3.8, 4) is 0 Å². The van der Waals surface area contributed by atoms with Crippen LogP contribution in [0.5, 0.6) is 0 Å². The number of aromatic nitrogens is 1. The number of benzene rings is 2. The largest absolute Gasteiger partial charge is 0.385 e. The molecule has 1 aromatic heterocycles. The number of fused-ring (bicyclic) bond motifs is 4. The highest BCUT2D eigenvalue weighted by Gasteiger charge is 2.12. The molecule has 88 valence electrons. The van der Waals surface area contributed by atoms with E-state index < -0.39 is 0 Å². The van der Waals surface area contributed by atoms with Gasteiger partial charge in [0.25, 0.3) is 0 Å². The van der Waals surface area contributed by atoms with Crippen molar-refractivity contribution in [1.82, 2.24) is 4.98 Å². The van der Waals surface area contributed by atoms with Crippen molar-refractivity contribution in [2.75, 3.05) is 11.9 Å². The van der Waals surface area contributed by atoms with E-state index in [1.54, 1.807) is 0 Å². The van der Waals surface area contributed by atoms with Crippen molar-refractivity contribution in [3.05, 3.63) is 42.0 Å². The Balaban J connectivity index is 2.11. The van der Waals surface area contributed by atoms with Gasteiger partial charge in [0, 0.05) is 21.4 Å². The standard InChI is InChI=1S/C15H14N2Si/c1-2-6-14-12(5-1)17-13-8-7-11-10(15(13)18-14)4-3-9-16-11/h1-2,5-8,16,18H,3-4,9H2. The second-order valence-electron chi connectivity index (χ2n) is 4.87. The predicted octanol–water partition coefficient (Wildman–Crippen LogP) is 2.82. The molecule has 0 spiro atoms. The van der Waals surface area contributed by atoms with Crippen LogP contribution in [0.15, 0.2) is 36.4 Å². The number of hydrogen-bond acceptors (Lipinski definition) is 2. The molecule has 2 aromatic carbocycles. The van der Waals surface area contributed by atoms with E-state index in [-0.39, 0.29) is 9.12 Å². The average molecular weight is 250 g/mol. The molecule has 2 heterocycles. The van der Waals surface area contributed by atoms with Crippen molar-refractivity contribution < 1.29 is 0 Å². The second kappa shape index (κ2) is 3.88. The van der Waals surface area contributed by atoms with Gasteiger partial charge in [-0.1, -0.05) is 18.2 Å². The highest BCUT2D eigenvalue weighted by molar-refractivity contribution is 6.59. The van der Waals surface area contributed by atoms with E-state index in [4.69, 9.17) is 4.98 Å². The van der Waals surface area contributed by atoms with E-state index in [1.807, 2.05) is 0 Å². The van der Waals surface area contributed by atoms with Gasteiger partial charge in [0.15, 0.2) is 0 Å². The van der Waals surface area contributed by atoms with Gasteiger partial charge in [-0.05, 0) is 46.6 Å². The molecule has 3 heteroatoms. The Morgan fingerprint density at radius 2 is 2.00 bits per heavy atom. The molecule has 0 fully saturated rings. The molecule has 0 amide bonds. The van der Waals surface area contributed by atoms with Gasteiger partial charge in [-0.3, -0.25) is 0 Å². The number of aryl methyl sites for hydroxylation is 1. The maximum atomic E-state index is 4.81. The molecular weight excluding hydrogens is 236 g/mol. The Hall–Kier alpha value is -1.74. The summed E-state index contributed by atoms with van der Waals surface area (Å²) in [7, 11) is 0.192. The lowest BCUT2D eigenvalue weighted by Gasteiger charge is -2.19. The molecule has 4 rings (SSSR count). The molecule has 0 saturated heterocycles. The fourth-order valence-electron chi connectivity index (χ4n) is 2.83. The molecule has 0 atom stereocenters. The number of hydrogen-bond donors (Lipinski definition) is 1. The fourth-order valence-corrected chi connectivity index (χ4v) is 4.44. The van der Waals surface area contributed by atoms with Crippen molar-refractivity contribution in [3.63, 3.8) is 0 Å². The van der Waals surface area contributed by atoms with Crippen LogP contribution < -0.4 is 5.32 Å². The van der Waals surface area contributed by atoms with Crippen LogP contribution in [-0.2, 0) is 6.42 Å². The van der Waals surface area contributed by atoms with Gasteiger partial charge in [-0.25, -0.2) is 4.98 Å². The lowest BCUT2D eigenvalue weighted by atomic mass is 10.0. The Kier molecular flexibility index (Phi) is 2.20. The third-order valence-electron chi connectivity index (χ3n) is 3.73. The number of rotatable bonds is 0. The van der Waals surface area contributed by atoms with E-state index in [2.05, 4.69) is 41.7 Å². The van der Waals surface area contributed by atoms with Crippen LogP contribution in [-0.4, -0.2) is 20.6 Å². The molecule has 0 bridgehead atoms. The summed E-state index contributed by atoms with van der Waals surface area (Å²) in [6, 6.07) is 12.9. The van der Waals surface area contributed by atoms with Crippen molar-refractivity contribution >= 4 is 35.8 Å². The smallest absolute Gasteiger partial charge is 0.0666 e. The zero-order valence-corrected chi connectivity index (χ0v) is 11.3. The first-order chi connectivity index (χ1) is 8.92. The quantitative estimate of drug-likeness (QED) is 0.490. The van der Waals surface area contributed by atoms with Crippen molar-refractivity contribution in [1.29, 1.82) is 0 Å². The SMILES string of the molecule is c1ccc2[siH]c3c4c(ccc3nc2c1)NCCC4. The summed E-state index contributed by atoms with van der Waals surface area (Å²) < 4.78 is 0. The highest BCUT2D eigenvalue weighted by atomic mass is 28.2. The maximum Gasteiger partial charge on any atom is 0.0666 e. The topological polar surface area (TPSA) is 24.9 Å². The maximum absolute atomic E-state index is 4.81. The summed E-state index contributed by atoms with van der Waals surface area (Å²) in [6.45, 7) is 1.11. The summed E-state index contributed by atoms with van der Waals surface area (Å²) in [5.41, 5.74) is 5.23. The lowest BCUT2D eigenvalue weighted by Crippen LogP contribution is -2.12. The minimum absolute atomic E-state index is 0.192. The molecule has 0 radical (unpaired) electrons. The normalized spacial score (nSPS) is 14.4. The van der Waals surface area contributed by atoms with E-state index in [0.29, 0.717) is 0 Å². The number of nitrogens with zero attached hydrogens (tertiary/aromatic N) is 1. The summed E-state index contributed by atoms with van der Waals surface area (Å²) in [6.07, 6.45) is 2.45. The third kappa shape index (κ3) is 1.47. The molecule has 1 aliphatic heterocycles. The van der Waals surface area contributed by atoms with E-state index >= 15 is 0 Å². The van der Waals surface area contributed by atoms with Gasteiger partial charge < -0.3 is 5.32 Å². The van der Waals surface area contributed by atoms with Crippen LogP contribution in [0.1, 0.15) is 12.0 Å². The fraction of sp³-hybridized carbons (Fsp3) is 0.200. The zero-order chi connectivity index (χ0) is 11.9. The molecule has 0 unspecified atom stereocenters. The Bertz CT molecular complexity index is 752. The molecule has 0 saturated carbocycles. The number of anilines is 1. The summed E-state index contributed by atoms with van der Waals surface area (Å²) in [5, 5.41) is 3.51. The van der Waals surface area contributed by atoms with E-state index in [9.17, 15) is 0 Å². The molecule has 18 heavy (non-hydrogen) atoms. The van der Waals surface area contributed by atoms with E-state index in [1.165, 1.54) is 45.1 Å². The molecule has 1 aliphatic rings. The lowest BCUT2D eigenvalue weighted by molar-refractivity contribution is 0.837. The summed E-state index contributed by atoms with van der Waals surface area (Å²) in [4.78, 5) is 7.76. The highest BCUT2D eigenvalue weighted by Crippen LogP contribution is 2.28. The van der Waals surface area contributed by atoms with Crippen LogP contribution in [0, 0.1) is 0 Å². The summed E-state index contributed by atoms with van der Waals surface area (Å²) in [5.74, 6) is 0. The number of para-hydroxylation sites is 1. The van der Waals surface area contributed by atoms with Crippen LogP contribution in [0.4, 0.5) is 5.69 Å². The first kappa shape index (κ1) is 10.2. The minimum Gasteiger partial charge on any atom is -0.385 e. The monoisotopic (exact) mass is 250 g/mol. The molecular formula is C15H14N2Si. The van der Waals surface area contributed by atoms with Gasteiger partial charge >= 0.3 is 0 Å². The van der Waals surface area contributed by atoms with Gasteiger partial charge in [-0.15, -0.1) is 0 Å². The minimum atomic E-state index is 0.192. The molecule has 3 aromatic rings. The summed E-state index contributed by atoms with van der Waals surface area (Å²) >= 11 is 0. The average Bonchev–Trinajstić information content (AvgIpc) is 2.45. The molecule has 1 N–H and O–H groups in total. The number of nitrogens with one attached hydrogen (secondary N) is 1. The zero-order valence-electron chi connectivity index (χ0n) is 10.1. The predicted molar refractivity (Wildman–Crippen MR) is 78.8 cm³/mol. The third-order valence-corrected chi connectivity index (χ3v) is 5.46. The van der Waals surface area contributed by atoms with Crippen LogP contribution in [0.25, 0.3) is 21.0 Å². The van der Waals surface area contributed by atoms with Crippen LogP contribution in [0.2, 0.25) is 0 Å². The first-order valence-corrected chi connectivity index (χ1v) is 7.62. The Labute approximate surface area is 108 Å². The Morgan fingerprint density at radius 1 is 1.06 bits per heavy atom. The molecule has 2 nitrogen and oxygen atoms in total. The van der Waals surface area contributed by atoms with Crippen molar-refractivity contribution in [2.45, 2.75) is 12.8 Å². The van der Waals surface area contributed by atoms with Crippen molar-refractivity contribution in [2.24, 2.45) is 0 Å². The second-order valence-corrected chi connectivity index (χ2v) is 6.36. The van der Waals surface area contributed by atoms with Gasteiger partial charge in [0.1, 0.15) is 0 Å². The van der Waals surface area contributed by atoms with Gasteiger partial charge in [0.05, 0.1) is 11.0 Å². The molecule has 0 aliphatic carbocycles. The Morgan fingerprint density at radius 3 is 3.00 bits per heavy atom. The van der Waals surface area contributed by atoms with Gasteiger partial charge in [0.2, 0.25) is 0 Å². The first-order valence-electron chi connectivity index (χ1n) is 6.47. The van der Waals surface area contributed by atoms with Crippen LogP contribution >= 0.6 is 0 Å². The van der Waals surface area contributed by atoms with Gasteiger partial charge in [-0.2, -0.15) is 0 Å².